The third-order valence-electron chi connectivity index (χ3n) is 2.34. The molecule has 0 spiro atoms. The Morgan fingerprint density at radius 2 is 2.19 bits per heavy atom. The highest BCUT2D eigenvalue weighted by Crippen LogP contribution is 2.37. The molecule has 1 aromatic heterocycles. The van der Waals surface area contributed by atoms with Gasteiger partial charge in [-0.05, 0) is 12.8 Å². The van der Waals surface area contributed by atoms with Crippen LogP contribution in [0.5, 0.6) is 0 Å². The number of halogens is 3. The maximum absolute atomic E-state index is 12.5. The predicted molar refractivity (Wildman–Crippen MR) is 46.8 cm³/mol. The summed E-state index contributed by atoms with van der Waals surface area (Å²) in [4.78, 5) is 10.4. The lowest BCUT2D eigenvalue weighted by molar-refractivity contribution is -0.142. The summed E-state index contributed by atoms with van der Waals surface area (Å²) in [6.07, 6.45) is -2.46. The van der Waals surface area contributed by atoms with Crippen molar-refractivity contribution in [2.75, 3.05) is 0 Å². The van der Waals surface area contributed by atoms with Crippen molar-refractivity contribution in [1.82, 2.24) is 9.78 Å². The van der Waals surface area contributed by atoms with E-state index in [1.54, 1.807) is 0 Å². The SMILES string of the molecule is O=C(O)Cc1cn(C2CC2)nc1C(F)(F)F. The van der Waals surface area contributed by atoms with E-state index in [-0.39, 0.29) is 11.6 Å². The van der Waals surface area contributed by atoms with Crippen molar-refractivity contribution >= 4 is 5.97 Å². The Kier molecular flexibility index (Phi) is 2.40. The molecular formula is C9H9F3N2O2. The van der Waals surface area contributed by atoms with E-state index in [2.05, 4.69) is 5.10 Å². The van der Waals surface area contributed by atoms with Gasteiger partial charge in [0.2, 0.25) is 0 Å². The van der Waals surface area contributed by atoms with Gasteiger partial charge in [-0.3, -0.25) is 9.48 Å². The molecule has 2 rings (SSSR count). The molecule has 0 aromatic carbocycles. The van der Waals surface area contributed by atoms with Crippen molar-refractivity contribution in [2.45, 2.75) is 31.5 Å². The van der Waals surface area contributed by atoms with E-state index >= 15 is 0 Å². The number of alkyl halides is 3. The minimum absolute atomic E-state index is 0.00337. The number of hydrogen-bond acceptors (Lipinski definition) is 2. The third kappa shape index (κ3) is 2.17. The molecule has 1 fully saturated rings. The highest BCUT2D eigenvalue weighted by Gasteiger charge is 2.39. The van der Waals surface area contributed by atoms with Gasteiger partial charge in [0.25, 0.3) is 0 Å². The van der Waals surface area contributed by atoms with E-state index in [4.69, 9.17) is 5.11 Å². The molecule has 1 aromatic rings. The maximum atomic E-state index is 12.5. The topological polar surface area (TPSA) is 55.1 Å². The zero-order chi connectivity index (χ0) is 11.9. The van der Waals surface area contributed by atoms with Gasteiger partial charge in [-0.15, -0.1) is 0 Å². The summed E-state index contributed by atoms with van der Waals surface area (Å²) in [6, 6.07) is 0.00337. The first-order chi connectivity index (χ1) is 7.38. The Balaban J connectivity index is 2.35. The van der Waals surface area contributed by atoms with E-state index in [1.165, 1.54) is 10.9 Å². The highest BCUT2D eigenvalue weighted by atomic mass is 19.4. The molecule has 1 saturated carbocycles. The number of carbonyl (C=O) groups is 1. The summed E-state index contributed by atoms with van der Waals surface area (Å²) < 4.78 is 38.8. The first-order valence-corrected chi connectivity index (χ1v) is 4.75. The molecule has 1 aliphatic rings. The highest BCUT2D eigenvalue weighted by molar-refractivity contribution is 5.70. The minimum Gasteiger partial charge on any atom is -0.481 e. The van der Waals surface area contributed by atoms with Crippen LogP contribution in [0.3, 0.4) is 0 Å². The molecule has 4 nitrogen and oxygen atoms in total. The Hall–Kier alpha value is -1.53. The fraction of sp³-hybridized carbons (Fsp3) is 0.556. The monoisotopic (exact) mass is 234 g/mol. The number of hydrogen-bond donors (Lipinski definition) is 1. The van der Waals surface area contributed by atoms with Gasteiger partial charge in [-0.1, -0.05) is 0 Å². The van der Waals surface area contributed by atoms with Crippen molar-refractivity contribution in [3.63, 3.8) is 0 Å². The smallest absolute Gasteiger partial charge is 0.435 e. The van der Waals surface area contributed by atoms with Crippen LogP contribution >= 0.6 is 0 Å². The average molecular weight is 234 g/mol. The average Bonchev–Trinajstić information content (AvgIpc) is 2.86. The summed E-state index contributed by atoms with van der Waals surface area (Å²) in [5.74, 6) is -1.29. The summed E-state index contributed by atoms with van der Waals surface area (Å²) in [5, 5.41) is 11.9. The Morgan fingerprint density at radius 1 is 1.56 bits per heavy atom. The first-order valence-electron chi connectivity index (χ1n) is 4.75. The van der Waals surface area contributed by atoms with Gasteiger partial charge in [0.05, 0.1) is 12.5 Å². The van der Waals surface area contributed by atoms with Gasteiger partial charge in [0.15, 0.2) is 5.69 Å². The van der Waals surface area contributed by atoms with Crippen LogP contribution in [0.2, 0.25) is 0 Å². The fourth-order valence-corrected chi connectivity index (χ4v) is 1.49. The molecule has 16 heavy (non-hydrogen) atoms. The molecular weight excluding hydrogens is 225 g/mol. The number of carboxylic acid groups (broad SMARTS) is 1. The van der Waals surface area contributed by atoms with E-state index < -0.39 is 24.3 Å². The molecule has 7 heteroatoms. The minimum atomic E-state index is -4.59. The van der Waals surface area contributed by atoms with Crippen LogP contribution in [0.4, 0.5) is 13.2 Å². The molecule has 0 bridgehead atoms. The second-order valence-electron chi connectivity index (χ2n) is 3.78. The van der Waals surface area contributed by atoms with Crippen LogP contribution in [0.1, 0.15) is 30.1 Å². The second-order valence-corrected chi connectivity index (χ2v) is 3.78. The molecule has 0 aliphatic heterocycles. The van der Waals surface area contributed by atoms with Gasteiger partial charge in [0, 0.05) is 11.8 Å². The van der Waals surface area contributed by atoms with Crippen molar-refractivity contribution in [2.24, 2.45) is 0 Å². The van der Waals surface area contributed by atoms with E-state index in [1.807, 2.05) is 0 Å². The van der Waals surface area contributed by atoms with E-state index in [9.17, 15) is 18.0 Å². The lowest BCUT2D eigenvalue weighted by Crippen LogP contribution is -2.11. The van der Waals surface area contributed by atoms with Gasteiger partial charge in [-0.2, -0.15) is 18.3 Å². The van der Waals surface area contributed by atoms with Crippen molar-refractivity contribution in [1.29, 1.82) is 0 Å². The standard InChI is InChI=1S/C9H9F3N2O2/c10-9(11,12)8-5(3-7(15)16)4-14(13-8)6-1-2-6/h4,6H,1-3H2,(H,15,16). The van der Waals surface area contributed by atoms with Crippen LogP contribution in [-0.2, 0) is 17.4 Å². The quantitative estimate of drug-likeness (QED) is 0.868. The van der Waals surface area contributed by atoms with Crippen LogP contribution in [0, 0.1) is 0 Å². The summed E-state index contributed by atoms with van der Waals surface area (Å²) >= 11 is 0. The molecule has 0 radical (unpaired) electrons. The molecule has 0 unspecified atom stereocenters. The molecule has 1 aliphatic carbocycles. The van der Waals surface area contributed by atoms with Crippen LogP contribution in [-0.4, -0.2) is 20.9 Å². The van der Waals surface area contributed by atoms with Gasteiger partial charge in [-0.25, -0.2) is 0 Å². The second kappa shape index (κ2) is 3.50. The Labute approximate surface area is 88.7 Å². The molecule has 0 amide bonds. The van der Waals surface area contributed by atoms with E-state index in [0.29, 0.717) is 0 Å². The fourth-order valence-electron chi connectivity index (χ4n) is 1.49. The van der Waals surface area contributed by atoms with Crippen molar-refractivity contribution < 1.29 is 23.1 Å². The summed E-state index contributed by atoms with van der Waals surface area (Å²) in [5.41, 5.74) is -1.35. The number of aromatic nitrogens is 2. The van der Waals surface area contributed by atoms with Crippen LogP contribution in [0.15, 0.2) is 6.20 Å². The van der Waals surface area contributed by atoms with Gasteiger partial charge >= 0.3 is 12.1 Å². The lowest BCUT2D eigenvalue weighted by Gasteiger charge is -2.03. The summed E-state index contributed by atoms with van der Waals surface area (Å²) in [6.45, 7) is 0. The van der Waals surface area contributed by atoms with Gasteiger partial charge < -0.3 is 5.11 Å². The Bertz CT molecular complexity index is 421. The predicted octanol–water partition coefficient (Wildman–Crippen LogP) is 1.86. The maximum Gasteiger partial charge on any atom is 0.435 e. The molecule has 1 heterocycles. The Morgan fingerprint density at radius 3 is 2.62 bits per heavy atom. The molecule has 88 valence electrons. The summed E-state index contributed by atoms with van der Waals surface area (Å²) in [7, 11) is 0. The number of nitrogens with zero attached hydrogens (tertiary/aromatic N) is 2. The van der Waals surface area contributed by atoms with Crippen molar-refractivity contribution in [3.05, 3.63) is 17.5 Å². The van der Waals surface area contributed by atoms with E-state index in [0.717, 1.165) is 12.8 Å². The number of carboxylic acids is 1. The zero-order valence-electron chi connectivity index (χ0n) is 8.16. The number of aliphatic carboxylic acids is 1. The normalized spacial score (nSPS) is 16.4. The zero-order valence-corrected chi connectivity index (χ0v) is 8.16. The molecule has 1 N–H and O–H groups in total. The number of rotatable bonds is 3. The largest absolute Gasteiger partial charge is 0.481 e. The first kappa shape index (κ1) is 11.0. The lowest BCUT2D eigenvalue weighted by atomic mass is 10.2. The molecule has 0 atom stereocenters. The van der Waals surface area contributed by atoms with Gasteiger partial charge in [0.1, 0.15) is 0 Å². The van der Waals surface area contributed by atoms with Crippen LogP contribution < -0.4 is 0 Å². The third-order valence-corrected chi connectivity index (χ3v) is 2.34. The van der Waals surface area contributed by atoms with Crippen LogP contribution in [0.25, 0.3) is 0 Å². The molecule has 0 saturated heterocycles. The van der Waals surface area contributed by atoms with Crippen molar-refractivity contribution in [3.8, 4) is 0 Å².